The fraction of sp³-hybridized carbons (Fsp3) is 0.188. The van der Waals surface area contributed by atoms with Crippen molar-refractivity contribution in [3.8, 4) is 5.75 Å². The summed E-state index contributed by atoms with van der Waals surface area (Å²) in [5, 5.41) is 2.72. The van der Waals surface area contributed by atoms with Gasteiger partial charge in [0.1, 0.15) is 23.1 Å². The van der Waals surface area contributed by atoms with Gasteiger partial charge in [0.15, 0.2) is 0 Å². The van der Waals surface area contributed by atoms with E-state index >= 15 is 0 Å². The average Bonchev–Trinajstić information content (AvgIpc) is 2.58. The lowest BCUT2D eigenvalue weighted by Gasteiger charge is -2.09. The highest BCUT2D eigenvalue weighted by Gasteiger charge is 2.13. The number of para-hydroxylation sites is 1. The number of hydrogen-bond donors (Lipinski definition) is 1. The van der Waals surface area contributed by atoms with Crippen LogP contribution in [0.5, 0.6) is 5.75 Å². The Bertz CT molecular complexity index is 706. The predicted molar refractivity (Wildman–Crippen MR) is 84.9 cm³/mol. The fourth-order valence-corrected chi connectivity index (χ4v) is 2.06. The zero-order valence-electron chi connectivity index (χ0n) is 12.4. The maximum Gasteiger partial charge on any atom is 0.341 e. The van der Waals surface area contributed by atoms with E-state index in [0.717, 1.165) is 0 Å². The molecule has 0 aliphatic heterocycles. The number of halogens is 1. The van der Waals surface area contributed by atoms with Crippen molar-refractivity contribution in [2.75, 3.05) is 20.3 Å². The third-order valence-electron chi connectivity index (χ3n) is 2.95. The summed E-state index contributed by atoms with van der Waals surface area (Å²) in [5.41, 5.74) is 0.599. The monoisotopic (exact) mass is 334 g/mol. The van der Waals surface area contributed by atoms with Gasteiger partial charge in [-0.05, 0) is 24.3 Å². The Morgan fingerprint density at radius 1 is 1.17 bits per heavy atom. The lowest BCUT2D eigenvalue weighted by atomic mass is 10.2. The summed E-state index contributed by atoms with van der Waals surface area (Å²) in [6, 6.07) is 9.92. The Labute approximate surface area is 138 Å². The van der Waals surface area contributed by atoms with E-state index in [1.807, 2.05) is 0 Å². The SMILES string of the molecule is COc1ccccc1C(=O)OCCNC(=O)c1cccnc1Cl. The van der Waals surface area contributed by atoms with E-state index in [2.05, 4.69) is 10.3 Å². The highest BCUT2D eigenvalue weighted by Crippen LogP contribution is 2.18. The van der Waals surface area contributed by atoms with Crippen LogP contribution in [0.2, 0.25) is 5.15 Å². The molecule has 23 heavy (non-hydrogen) atoms. The summed E-state index contributed by atoms with van der Waals surface area (Å²) in [6.45, 7) is 0.186. The fourth-order valence-electron chi connectivity index (χ4n) is 1.85. The molecule has 1 N–H and O–H groups in total. The van der Waals surface area contributed by atoms with Crippen molar-refractivity contribution in [3.63, 3.8) is 0 Å². The molecule has 0 unspecified atom stereocenters. The van der Waals surface area contributed by atoms with E-state index in [1.165, 1.54) is 13.3 Å². The molecule has 2 rings (SSSR count). The number of esters is 1. The van der Waals surface area contributed by atoms with Gasteiger partial charge in [0.25, 0.3) is 5.91 Å². The van der Waals surface area contributed by atoms with E-state index in [0.29, 0.717) is 11.3 Å². The molecule has 0 aliphatic carbocycles. The molecule has 1 heterocycles. The molecule has 1 aromatic heterocycles. The number of methoxy groups -OCH3 is 1. The van der Waals surface area contributed by atoms with Crippen molar-refractivity contribution in [1.29, 1.82) is 0 Å². The van der Waals surface area contributed by atoms with E-state index in [9.17, 15) is 9.59 Å². The van der Waals surface area contributed by atoms with Crippen LogP contribution < -0.4 is 10.1 Å². The number of hydrogen-bond acceptors (Lipinski definition) is 5. The maximum absolute atomic E-state index is 11.9. The second-order valence-corrected chi connectivity index (χ2v) is 4.79. The van der Waals surface area contributed by atoms with Gasteiger partial charge in [-0.2, -0.15) is 0 Å². The zero-order chi connectivity index (χ0) is 16.7. The molecular formula is C16H15ClN2O4. The van der Waals surface area contributed by atoms with E-state index in [4.69, 9.17) is 21.1 Å². The second kappa shape index (κ2) is 8.14. The number of amides is 1. The lowest BCUT2D eigenvalue weighted by molar-refractivity contribution is 0.0499. The van der Waals surface area contributed by atoms with Gasteiger partial charge in [0.05, 0.1) is 19.2 Å². The maximum atomic E-state index is 11.9. The van der Waals surface area contributed by atoms with Crippen LogP contribution in [0.3, 0.4) is 0 Å². The van der Waals surface area contributed by atoms with Crippen LogP contribution in [0.15, 0.2) is 42.6 Å². The van der Waals surface area contributed by atoms with Crippen LogP contribution in [0.4, 0.5) is 0 Å². The predicted octanol–water partition coefficient (Wildman–Crippen LogP) is 2.33. The second-order valence-electron chi connectivity index (χ2n) is 4.43. The van der Waals surface area contributed by atoms with Crippen LogP contribution in [0.25, 0.3) is 0 Å². The zero-order valence-corrected chi connectivity index (χ0v) is 13.2. The quantitative estimate of drug-likeness (QED) is 0.498. The smallest absolute Gasteiger partial charge is 0.341 e. The van der Waals surface area contributed by atoms with Gasteiger partial charge in [-0.1, -0.05) is 23.7 Å². The lowest BCUT2D eigenvalue weighted by Crippen LogP contribution is -2.28. The molecule has 0 aliphatic rings. The molecular weight excluding hydrogens is 320 g/mol. The molecule has 7 heteroatoms. The Kier molecular flexibility index (Phi) is 5.94. The first-order valence-electron chi connectivity index (χ1n) is 6.82. The van der Waals surface area contributed by atoms with Crippen molar-refractivity contribution >= 4 is 23.5 Å². The van der Waals surface area contributed by atoms with Crippen molar-refractivity contribution in [3.05, 3.63) is 58.9 Å². The molecule has 0 spiro atoms. The van der Waals surface area contributed by atoms with Crippen LogP contribution in [-0.2, 0) is 4.74 Å². The van der Waals surface area contributed by atoms with Gasteiger partial charge in [0, 0.05) is 6.20 Å². The van der Waals surface area contributed by atoms with Gasteiger partial charge >= 0.3 is 5.97 Å². The average molecular weight is 335 g/mol. The topological polar surface area (TPSA) is 77.5 Å². The Morgan fingerprint density at radius 2 is 1.91 bits per heavy atom. The Balaban J connectivity index is 1.82. The van der Waals surface area contributed by atoms with Crippen molar-refractivity contribution in [2.45, 2.75) is 0 Å². The first-order chi connectivity index (χ1) is 11.1. The highest BCUT2D eigenvalue weighted by molar-refractivity contribution is 6.32. The minimum Gasteiger partial charge on any atom is -0.496 e. The molecule has 0 saturated heterocycles. The summed E-state index contributed by atoms with van der Waals surface area (Å²) >= 11 is 5.82. The van der Waals surface area contributed by atoms with Crippen molar-refractivity contribution in [1.82, 2.24) is 10.3 Å². The van der Waals surface area contributed by atoms with Crippen LogP contribution in [0, 0.1) is 0 Å². The molecule has 1 aromatic carbocycles. The van der Waals surface area contributed by atoms with Gasteiger partial charge < -0.3 is 14.8 Å². The molecule has 2 aromatic rings. The largest absolute Gasteiger partial charge is 0.496 e. The Morgan fingerprint density at radius 3 is 2.65 bits per heavy atom. The van der Waals surface area contributed by atoms with Crippen molar-refractivity contribution < 1.29 is 19.1 Å². The number of carbonyl (C=O) groups excluding carboxylic acids is 2. The number of pyridine rings is 1. The number of benzene rings is 1. The van der Waals surface area contributed by atoms with E-state index < -0.39 is 5.97 Å². The molecule has 120 valence electrons. The standard InChI is InChI=1S/C16H15ClN2O4/c1-22-13-7-3-2-5-11(13)16(21)23-10-9-19-15(20)12-6-4-8-18-14(12)17/h2-8H,9-10H2,1H3,(H,19,20). The number of nitrogens with one attached hydrogen (secondary N) is 1. The van der Waals surface area contributed by atoms with Crippen LogP contribution in [0.1, 0.15) is 20.7 Å². The molecule has 0 radical (unpaired) electrons. The number of carbonyl (C=O) groups is 2. The number of ether oxygens (including phenoxy) is 2. The Hall–Kier alpha value is -2.60. The van der Waals surface area contributed by atoms with E-state index in [-0.39, 0.29) is 29.8 Å². The summed E-state index contributed by atoms with van der Waals surface area (Å²) in [7, 11) is 1.48. The third-order valence-corrected chi connectivity index (χ3v) is 3.25. The van der Waals surface area contributed by atoms with Gasteiger partial charge in [0.2, 0.25) is 0 Å². The number of aromatic nitrogens is 1. The number of nitrogens with zero attached hydrogens (tertiary/aromatic N) is 1. The highest BCUT2D eigenvalue weighted by atomic mass is 35.5. The molecule has 0 saturated carbocycles. The molecule has 0 atom stereocenters. The molecule has 0 bridgehead atoms. The summed E-state index contributed by atoms with van der Waals surface area (Å²) < 4.78 is 10.2. The molecule has 1 amide bonds. The van der Waals surface area contributed by atoms with Crippen LogP contribution >= 0.6 is 11.6 Å². The number of rotatable bonds is 6. The summed E-state index contributed by atoms with van der Waals surface area (Å²) in [4.78, 5) is 27.7. The van der Waals surface area contributed by atoms with Crippen molar-refractivity contribution in [2.24, 2.45) is 0 Å². The minimum atomic E-state index is -0.517. The first kappa shape index (κ1) is 16.8. The summed E-state index contributed by atoms with van der Waals surface area (Å²) in [5.74, 6) is -0.462. The summed E-state index contributed by atoms with van der Waals surface area (Å²) in [6.07, 6.45) is 1.49. The minimum absolute atomic E-state index is 0.0283. The van der Waals surface area contributed by atoms with Gasteiger partial charge in [-0.15, -0.1) is 0 Å². The van der Waals surface area contributed by atoms with Gasteiger partial charge in [-0.3, -0.25) is 4.79 Å². The van der Waals surface area contributed by atoms with Crippen LogP contribution in [-0.4, -0.2) is 37.1 Å². The normalized spacial score (nSPS) is 10.0. The van der Waals surface area contributed by atoms with Gasteiger partial charge in [-0.25, -0.2) is 9.78 Å². The third kappa shape index (κ3) is 4.43. The van der Waals surface area contributed by atoms with E-state index in [1.54, 1.807) is 36.4 Å². The molecule has 6 nitrogen and oxygen atoms in total. The molecule has 0 fully saturated rings. The first-order valence-corrected chi connectivity index (χ1v) is 7.20.